The van der Waals surface area contributed by atoms with Gasteiger partial charge in [0.15, 0.2) is 0 Å². The lowest BCUT2D eigenvalue weighted by Gasteiger charge is -2.30. The fourth-order valence-electron chi connectivity index (χ4n) is 3.75. The molecule has 0 aromatic carbocycles. The van der Waals surface area contributed by atoms with E-state index >= 15 is 0 Å². The molecule has 1 rings (SSSR count). The van der Waals surface area contributed by atoms with Crippen LogP contribution in [0.2, 0.25) is 0 Å². The number of amides is 3. The molecule has 5 atom stereocenters. The summed E-state index contributed by atoms with van der Waals surface area (Å²) in [5.74, 6) is -4.49. The Morgan fingerprint density at radius 1 is 1.12 bits per heavy atom. The molecule has 0 radical (unpaired) electrons. The number of hydrogen-bond donors (Lipinski definition) is 6. The van der Waals surface area contributed by atoms with Crippen molar-refractivity contribution in [1.82, 2.24) is 15.5 Å². The molecule has 12 nitrogen and oxygen atoms in total. The lowest BCUT2D eigenvalue weighted by Crippen LogP contribution is -2.58. The van der Waals surface area contributed by atoms with Gasteiger partial charge in [0.25, 0.3) is 0 Å². The molecule has 1 saturated heterocycles. The predicted octanol–water partition coefficient (Wildman–Crippen LogP) is -0.991. The molecule has 1 aliphatic heterocycles. The number of carbonyl (C=O) groups excluding carboxylic acids is 3. The maximum Gasteiger partial charge on any atom is 0.326 e. The molecule has 0 aromatic heterocycles. The van der Waals surface area contributed by atoms with Crippen molar-refractivity contribution in [1.29, 1.82) is 0 Å². The first-order chi connectivity index (χ1) is 15.5. The number of carboxylic acids is 2. The minimum atomic E-state index is -1.27. The van der Waals surface area contributed by atoms with Crippen molar-refractivity contribution in [2.45, 2.75) is 83.0 Å². The molecule has 188 valence electrons. The number of carboxylic acid groups (broad SMARTS) is 2. The van der Waals surface area contributed by atoms with Crippen LogP contribution in [0.15, 0.2) is 0 Å². The van der Waals surface area contributed by atoms with E-state index in [1.165, 1.54) is 4.90 Å². The molecule has 5 unspecified atom stereocenters. The highest BCUT2D eigenvalue weighted by molar-refractivity contribution is 5.95. The lowest BCUT2D eigenvalue weighted by atomic mass is 9.97. The van der Waals surface area contributed by atoms with Crippen LogP contribution in [0, 0.1) is 5.92 Å². The van der Waals surface area contributed by atoms with Crippen molar-refractivity contribution >= 4 is 29.7 Å². The SMILES string of the molecule is CCC(C)C(NC(=O)C1CCCN1C(=O)C(N)CC(=O)O)C(=O)NC(CCCCN)C(=O)O. The minimum Gasteiger partial charge on any atom is -0.481 e. The summed E-state index contributed by atoms with van der Waals surface area (Å²) in [6.45, 7) is 4.27. The number of carbonyl (C=O) groups is 5. The summed E-state index contributed by atoms with van der Waals surface area (Å²) in [5.41, 5.74) is 11.1. The van der Waals surface area contributed by atoms with Gasteiger partial charge in [-0.1, -0.05) is 20.3 Å². The van der Waals surface area contributed by atoms with Crippen LogP contribution in [-0.2, 0) is 24.0 Å². The molecule has 0 aromatic rings. The Balaban J connectivity index is 2.91. The molecule has 0 saturated carbocycles. The topological polar surface area (TPSA) is 205 Å². The van der Waals surface area contributed by atoms with Crippen LogP contribution >= 0.6 is 0 Å². The summed E-state index contributed by atoms with van der Waals surface area (Å²) in [6, 6.07) is -4.25. The molecule has 1 fully saturated rings. The number of nitrogens with two attached hydrogens (primary N) is 2. The molecule has 8 N–H and O–H groups in total. The predicted molar refractivity (Wildman–Crippen MR) is 119 cm³/mol. The number of likely N-dealkylation sites (tertiary alicyclic amines) is 1. The number of nitrogens with one attached hydrogen (secondary N) is 2. The number of unbranched alkanes of at least 4 members (excludes halogenated alkanes) is 1. The molecule has 12 heteroatoms. The molecule has 1 aliphatic rings. The van der Waals surface area contributed by atoms with Gasteiger partial charge in [0, 0.05) is 6.54 Å². The van der Waals surface area contributed by atoms with Crippen LogP contribution in [0.4, 0.5) is 0 Å². The summed E-state index contributed by atoms with van der Waals surface area (Å²) in [7, 11) is 0. The summed E-state index contributed by atoms with van der Waals surface area (Å²) in [6.07, 6.45) is 2.24. The Morgan fingerprint density at radius 3 is 2.33 bits per heavy atom. The van der Waals surface area contributed by atoms with E-state index in [0.29, 0.717) is 38.6 Å². The van der Waals surface area contributed by atoms with Gasteiger partial charge in [0.1, 0.15) is 18.1 Å². The molecular weight excluding hydrogens is 434 g/mol. The Bertz CT molecular complexity index is 717. The van der Waals surface area contributed by atoms with Crippen molar-refractivity contribution < 1.29 is 34.2 Å². The normalized spacial score (nSPS) is 19.3. The van der Waals surface area contributed by atoms with Gasteiger partial charge >= 0.3 is 11.9 Å². The zero-order chi connectivity index (χ0) is 25.1. The van der Waals surface area contributed by atoms with E-state index in [2.05, 4.69) is 10.6 Å². The number of aliphatic carboxylic acids is 2. The van der Waals surface area contributed by atoms with Gasteiger partial charge in [-0.3, -0.25) is 19.2 Å². The molecule has 0 bridgehead atoms. The van der Waals surface area contributed by atoms with E-state index in [0.717, 1.165) is 0 Å². The van der Waals surface area contributed by atoms with Gasteiger partial charge in [-0.05, 0) is 44.6 Å². The van der Waals surface area contributed by atoms with Crippen molar-refractivity contribution in [3.8, 4) is 0 Å². The Kier molecular flexibility index (Phi) is 11.8. The van der Waals surface area contributed by atoms with E-state index < -0.39 is 60.2 Å². The Labute approximate surface area is 193 Å². The maximum atomic E-state index is 13.0. The molecule has 1 heterocycles. The zero-order valence-corrected chi connectivity index (χ0v) is 19.3. The highest BCUT2D eigenvalue weighted by Crippen LogP contribution is 2.20. The second-order valence-corrected chi connectivity index (χ2v) is 8.45. The third-order valence-corrected chi connectivity index (χ3v) is 5.90. The van der Waals surface area contributed by atoms with E-state index in [9.17, 15) is 29.1 Å². The van der Waals surface area contributed by atoms with Crippen LogP contribution in [0.1, 0.15) is 58.8 Å². The van der Waals surface area contributed by atoms with E-state index in [-0.39, 0.29) is 18.9 Å². The maximum absolute atomic E-state index is 13.0. The Hall–Kier alpha value is -2.73. The third kappa shape index (κ3) is 8.61. The Morgan fingerprint density at radius 2 is 1.79 bits per heavy atom. The van der Waals surface area contributed by atoms with Crippen LogP contribution in [0.3, 0.4) is 0 Å². The first-order valence-electron chi connectivity index (χ1n) is 11.3. The lowest BCUT2D eigenvalue weighted by molar-refractivity contribution is -0.144. The molecule has 33 heavy (non-hydrogen) atoms. The van der Waals surface area contributed by atoms with Crippen molar-refractivity contribution in [2.75, 3.05) is 13.1 Å². The van der Waals surface area contributed by atoms with E-state index in [1.807, 2.05) is 6.92 Å². The van der Waals surface area contributed by atoms with Crippen molar-refractivity contribution in [2.24, 2.45) is 17.4 Å². The quantitative estimate of drug-likeness (QED) is 0.172. The number of nitrogens with zero attached hydrogens (tertiary/aromatic N) is 1. The van der Waals surface area contributed by atoms with Gasteiger partial charge in [0.2, 0.25) is 17.7 Å². The average molecular weight is 472 g/mol. The summed E-state index contributed by atoms with van der Waals surface area (Å²) >= 11 is 0. The average Bonchev–Trinajstić information content (AvgIpc) is 3.24. The van der Waals surface area contributed by atoms with Crippen molar-refractivity contribution in [3.05, 3.63) is 0 Å². The largest absolute Gasteiger partial charge is 0.481 e. The second kappa shape index (κ2) is 13.7. The van der Waals surface area contributed by atoms with Gasteiger partial charge in [-0.15, -0.1) is 0 Å². The summed E-state index contributed by atoms with van der Waals surface area (Å²) < 4.78 is 0. The molecule has 3 amide bonds. The van der Waals surface area contributed by atoms with Crippen LogP contribution < -0.4 is 22.1 Å². The third-order valence-electron chi connectivity index (χ3n) is 5.90. The van der Waals surface area contributed by atoms with Crippen LogP contribution in [0.25, 0.3) is 0 Å². The molecular formula is C21H37N5O7. The van der Waals surface area contributed by atoms with E-state index in [1.54, 1.807) is 6.92 Å². The zero-order valence-electron chi connectivity index (χ0n) is 19.3. The highest BCUT2D eigenvalue weighted by atomic mass is 16.4. The van der Waals surface area contributed by atoms with Crippen molar-refractivity contribution in [3.63, 3.8) is 0 Å². The number of rotatable bonds is 14. The molecule has 0 aliphatic carbocycles. The monoisotopic (exact) mass is 471 g/mol. The summed E-state index contributed by atoms with van der Waals surface area (Å²) in [4.78, 5) is 62.1. The van der Waals surface area contributed by atoms with Gasteiger partial charge in [-0.2, -0.15) is 0 Å². The fraction of sp³-hybridized carbons (Fsp3) is 0.762. The van der Waals surface area contributed by atoms with Crippen LogP contribution in [0.5, 0.6) is 0 Å². The smallest absolute Gasteiger partial charge is 0.326 e. The highest BCUT2D eigenvalue weighted by Gasteiger charge is 2.39. The second-order valence-electron chi connectivity index (χ2n) is 8.45. The first-order valence-corrected chi connectivity index (χ1v) is 11.3. The standard InChI is InChI=1S/C21H37N5O7/c1-3-12(2)17(19(30)24-14(21(32)33)7-4-5-9-22)25-18(29)15-8-6-10-26(15)20(31)13(23)11-16(27)28/h12-15,17H,3-11,22-23H2,1-2H3,(H,24,30)(H,25,29)(H,27,28)(H,32,33). The minimum absolute atomic E-state index is 0.214. The van der Waals surface area contributed by atoms with Gasteiger partial charge < -0.3 is 37.2 Å². The van der Waals surface area contributed by atoms with Crippen LogP contribution in [-0.4, -0.2) is 82.0 Å². The van der Waals surface area contributed by atoms with E-state index in [4.69, 9.17) is 16.6 Å². The molecule has 0 spiro atoms. The van der Waals surface area contributed by atoms with Gasteiger partial charge in [0.05, 0.1) is 12.5 Å². The fourth-order valence-corrected chi connectivity index (χ4v) is 3.75. The summed E-state index contributed by atoms with van der Waals surface area (Å²) in [5, 5.41) is 23.5. The van der Waals surface area contributed by atoms with Gasteiger partial charge in [-0.25, -0.2) is 4.79 Å². The number of hydrogen-bond acceptors (Lipinski definition) is 7. The first kappa shape index (κ1) is 28.3.